The van der Waals surface area contributed by atoms with Gasteiger partial charge in [-0.2, -0.15) is 0 Å². The van der Waals surface area contributed by atoms with Crippen molar-refractivity contribution in [3.63, 3.8) is 0 Å². The van der Waals surface area contributed by atoms with Gasteiger partial charge in [-0.05, 0) is 23.8 Å². The third-order valence-corrected chi connectivity index (χ3v) is 3.35. The van der Waals surface area contributed by atoms with E-state index in [0.717, 1.165) is 12.8 Å². The fourth-order valence-electron chi connectivity index (χ4n) is 2.34. The largest absolute Gasteiger partial charge is 0.394 e. The molecule has 1 aromatic heterocycles. The molecule has 2 heterocycles. The maximum atomic E-state index is 12.2. The van der Waals surface area contributed by atoms with Crippen molar-refractivity contribution in [1.82, 2.24) is 9.47 Å². The first-order valence-electron chi connectivity index (χ1n) is 5.78. The van der Waals surface area contributed by atoms with Gasteiger partial charge in [0.05, 0.1) is 19.7 Å². The number of carbonyl (C=O) groups is 1. The molecule has 0 aliphatic carbocycles. The lowest BCUT2D eigenvalue weighted by Crippen LogP contribution is -2.38. The lowest BCUT2D eigenvalue weighted by Gasteiger charge is -2.21. The standard InChI is InChI=1S/C11H15N3O4/c1-12-9(4-5-10(12)14(17)18)11(16)13-6-2-3-8(13)7-15/h4-5,8,15H,2-3,6-7H2,1H3/t8-/m1/s1. The Hall–Kier alpha value is -1.89. The van der Waals surface area contributed by atoms with Crippen molar-refractivity contribution in [2.75, 3.05) is 13.2 Å². The molecule has 1 aromatic rings. The van der Waals surface area contributed by atoms with Crippen LogP contribution in [0, 0.1) is 10.1 Å². The van der Waals surface area contributed by atoms with Gasteiger partial charge in [-0.1, -0.05) is 0 Å². The Balaban J connectivity index is 2.26. The second-order valence-corrected chi connectivity index (χ2v) is 4.37. The van der Waals surface area contributed by atoms with Crippen molar-refractivity contribution < 1.29 is 14.8 Å². The highest BCUT2D eigenvalue weighted by Crippen LogP contribution is 2.22. The SMILES string of the molecule is Cn1c(C(=O)N2CCC[C@@H]2CO)ccc1[N+](=O)[O-]. The first kappa shape index (κ1) is 12.6. The minimum atomic E-state index is -0.524. The Morgan fingerprint density at radius 2 is 2.33 bits per heavy atom. The van der Waals surface area contributed by atoms with E-state index in [1.165, 1.54) is 23.7 Å². The maximum Gasteiger partial charge on any atom is 0.323 e. The molecule has 1 amide bonds. The summed E-state index contributed by atoms with van der Waals surface area (Å²) in [6.45, 7) is 0.515. The normalized spacial score (nSPS) is 19.2. The van der Waals surface area contributed by atoms with Gasteiger partial charge in [0.2, 0.25) is 0 Å². The number of nitro groups is 1. The Morgan fingerprint density at radius 3 is 2.89 bits per heavy atom. The van der Waals surface area contributed by atoms with Crippen molar-refractivity contribution in [2.24, 2.45) is 7.05 Å². The lowest BCUT2D eigenvalue weighted by atomic mass is 10.2. The van der Waals surface area contributed by atoms with Crippen LogP contribution in [0.3, 0.4) is 0 Å². The molecule has 0 saturated carbocycles. The van der Waals surface area contributed by atoms with Gasteiger partial charge in [0.25, 0.3) is 5.91 Å². The minimum absolute atomic E-state index is 0.0712. The highest BCUT2D eigenvalue weighted by molar-refractivity contribution is 5.93. The summed E-state index contributed by atoms with van der Waals surface area (Å²) in [5, 5.41) is 19.9. The Morgan fingerprint density at radius 1 is 1.61 bits per heavy atom. The number of aromatic nitrogens is 1. The number of rotatable bonds is 3. The summed E-state index contributed by atoms with van der Waals surface area (Å²) in [5.41, 5.74) is 0.280. The molecular weight excluding hydrogens is 238 g/mol. The average molecular weight is 253 g/mol. The summed E-state index contributed by atoms with van der Waals surface area (Å²) in [7, 11) is 1.50. The van der Waals surface area contributed by atoms with Gasteiger partial charge in [0, 0.05) is 12.6 Å². The molecule has 0 aromatic carbocycles. The van der Waals surface area contributed by atoms with E-state index < -0.39 is 4.92 Å². The van der Waals surface area contributed by atoms with Crippen LogP contribution in [0.1, 0.15) is 23.3 Å². The summed E-state index contributed by atoms with van der Waals surface area (Å²) >= 11 is 0. The summed E-state index contributed by atoms with van der Waals surface area (Å²) in [6.07, 6.45) is 1.62. The van der Waals surface area contributed by atoms with Gasteiger partial charge < -0.3 is 20.1 Å². The molecule has 1 aliphatic heterocycles. The predicted molar refractivity (Wildman–Crippen MR) is 63.2 cm³/mol. The third-order valence-electron chi connectivity index (χ3n) is 3.35. The van der Waals surface area contributed by atoms with E-state index >= 15 is 0 Å². The van der Waals surface area contributed by atoms with Crippen LogP contribution in [-0.4, -0.2) is 44.6 Å². The molecule has 18 heavy (non-hydrogen) atoms. The molecule has 1 N–H and O–H groups in total. The molecule has 0 bridgehead atoms. The first-order valence-corrected chi connectivity index (χ1v) is 5.78. The lowest BCUT2D eigenvalue weighted by molar-refractivity contribution is -0.391. The number of carbonyl (C=O) groups excluding carboxylic acids is 1. The van der Waals surface area contributed by atoms with Crippen LogP contribution in [0.4, 0.5) is 5.82 Å². The van der Waals surface area contributed by atoms with Crippen LogP contribution in [-0.2, 0) is 7.05 Å². The summed E-state index contributed by atoms with van der Waals surface area (Å²) < 4.78 is 1.27. The third kappa shape index (κ3) is 1.97. The molecule has 7 nitrogen and oxygen atoms in total. The molecule has 0 radical (unpaired) electrons. The van der Waals surface area contributed by atoms with Gasteiger partial charge in [-0.25, -0.2) is 4.57 Å². The zero-order valence-corrected chi connectivity index (χ0v) is 10.1. The number of hydrogen-bond acceptors (Lipinski definition) is 4. The monoisotopic (exact) mass is 253 g/mol. The average Bonchev–Trinajstić information content (AvgIpc) is 2.93. The van der Waals surface area contributed by atoms with E-state index in [9.17, 15) is 20.0 Å². The highest BCUT2D eigenvalue weighted by atomic mass is 16.6. The first-order chi connectivity index (χ1) is 8.56. The Labute approximate surface area is 104 Å². The fraction of sp³-hybridized carbons (Fsp3) is 0.545. The molecule has 2 rings (SSSR count). The van der Waals surface area contributed by atoms with E-state index in [2.05, 4.69) is 0 Å². The number of aliphatic hydroxyl groups excluding tert-OH is 1. The summed E-state index contributed by atoms with van der Waals surface area (Å²) in [6, 6.07) is 2.59. The van der Waals surface area contributed by atoms with Crippen LogP contribution in [0.5, 0.6) is 0 Å². The second-order valence-electron chi connectivity index (χ2n) is 4.37. The minimum Gasteiger partial charge on any atom is -0.394 e. The molecule has 1 atom stereocenters. The second kappa shape index (κ2) is 4.77. The summed E-state index contributed by atoms with van der Waals surface area (Å²) in [5.74, 6) is -0.375. The van der Waals surface area contributed by atoms with Crippen LogP contribution < -0.4 is 0 Å². The van der Waals surface area contributed by atoms with Gasteiger partial charge in [-0.15, -0.1) is 0 Å². The van der Waals surface area contributed by atoms with Crippen molar-refractivity contribution >= 4 is 11.7 Å². The quantitative estimate of drug-likeness (QED) is 0.628. The van der Waals surface area contributed by atoms with Gasteiger partial charge in [0.15, 0.2) is 5.69 Å². The molecule has 1 saturated heterocycles. The Kier molecular flexibility index (Phi) is 3.33. The van der Waals surface area contributed by atoms with Crippen LogP contribution >= 0.6 is 0 Å². The van der Waals surface area contributed by atoms with E-state index in [4.69, 9.17) is 0 Å². The van der Waals surface area contributed by atoms with Crippen LogP contribution in [0.25, 0.3) is 0 Å². The Bertz CT molecular complexity index is 483. The molecule has 0 unspecified atom stereocenters. The number of amides is 1. The molecule has 1 fully saturated rings. The van der Waals surface area contributed by atoms with Crippen LogP contribution in [0.2, 0.25) is 0 Å². The number of nitrogens with zero attached hydrogens (tertiary/aromatic N) is 3. The van der Waals surface area contributed by atoms with E-state index in [0.29, 0.717) is 6.54 Å². The van der Waals surface area contributed by atoms with E-state index in [-0.39, 0.29) is 30.1 Å². The molecule has 0 spiro atoms. The fourth-order valence-corrected chi connectivity index (χ4v) is 2.34. The van der Waals surface area contributed by atoms with E-state index in [1.54, 1.807) is 4.90 Å². The zero-order chi connectivity index (χ0) is 13.3. The van der Waals surface area contributed by atoms with Crippen molar-refractivity contribution in [1.29, 1.82) is 0 Å². The maximum absolute atomic E-state index is 12.2. The molecular formula is C11H15N3O4. The van der Waals surface area contributed by atoms with Crippen molar-refractivity contribution in [2.45, 2.75) is 18.9 Å². The predicted octanol–water partition coefficient (Wildman–Crippen LogP) is 0.530. The zero-order valence-electron chi connectivity index (χ0n) is 10.1. The number of likely N-dealkylation sites (tertiary alicyclic amines) is 1. The van der Waals surface area contributed by atoms with Crippen LogP contribution in [0.15, 0.2) is 12.1 Å². The van der Waals surface area contributed by atoms with E-state index in [1.807, 2.05) is 0 Å². The topological polar surface area (TPSA) is 88.6 Å². The van der Waals surface area contributed by atoms with Gasteiger partial charge in [-0.3, -0.25) is 4.79 Å². The molecule has 98 valence electrons. The molecule has 1 aliphatic rings. The van der Waals surface area contributed by atoms with Gasteiger partial charge >= 0.3 is 5.82 Å². The van der Waals surface area contributed by atoms with Crippen molar-refractivity contribution in [3.05, 3.63) is 27.9 Å². The van der Waals surface area contributed by atoms with Gasteiger partial charge in [0.1, 0.15) is 0 Å². The number of hydrogen-bond donors (Lipinski definition) is 1. The highest BCUT2D eigenvalue weighted by Gasteiger charge is 2.32. The van der Waals surface area contributed by atoms with Crippen molar-refractivity contribution in [3.8, 4) is 0 Å². The molecule has 7 heteroatoms. The smallest absolute Gasteiger partial charge is 0.323 e. The summed E-state index contributed by atoms with van der Waals surface area (Å²) in [4.78, 5) is 24.0. The number of aliphatic hydroxyl groups is 1.